The fraction of sp³-hybridized carbons (Fsp3) is 1.00. The number of nitrogens with zero attached hydrogens (tertiary/aromatic N) is 2. The maximum atomic E-state index is 2.90. The van der Waals surface area contributed by atoms with Gasteiger partial charge in [0.2, 0.25) is 0 Å². The van der Waals surface area contributed by atoms with Gasteiger partial charge in [-0.05, 0) is 51.1 Å². The van der Waals surface area contributed by atoms with Gasteiger partial charge in [0.15, 0.2) is 0 Å². The third-order valence-corrected chi connectivity index (χ3v) is 5.70. The summed E-state index contributed by atoms with van der Waals surface area (Å²) in [5, 5.41) is 0. The second-order valence-electron chi connectivity index (χ2n) is 6.41. The van der Waals surface area contributed by atoms with Gasteiger partial charge in [0, 0.05) is 24.7 Å². The minimum Gasteiger partial charge on any atom is -0.298 e. The second kappa shape index (κ2) is 3.71. The number of hydrogen-bond acceptors (Lipinski definition) is 2. The first-order valence-corrected chi connectivity index (χ1v) is 7.43. The van der Waals surface area contributed by atoms with Gasteiger partial charge in [-0.2, -0.15) is 0 Å². The lowest BCUT2D eigenvalue weighted by atomic mass is 9.80. The van der Waals surface area contributed by atoms with Crippen LogP contribution in [0.15, 0.2) is 0 Å². The van der Waals surface area contributed by atoms with E-state index in [0.717, 1.165) is 24.0 Å². The SMILES string of the molecule is C1CCN2C(C1)[C@H]1C[C@@H]2CN2CCCC[C@H]12. The highest BCUT2D eigenvalue weighted by Crippen LogP contribution is 2.45. The molecule has 0 aromatic rings. The topological polar surface area (TPSA) is 6.48 Å². The summed E-state index contributed by atoms with van der Waals surface area (Å²) in [5.74, 6) is 1.04. The average molecular weight is 220 g/mol. The molecule has 4 heterocycles. The molecule has 1 unspecified atom stereocenters. The summed E-state index contributed by atoms with van der Waals surface area (Å²) in [6.07, 6.45) is 10.5. The highest BCUT2D eigenvalue weighted by atomic mass is 15.3. The van der Waals surface area contributed by atoms with Crippen molar-refractivity contribution < 1.29 is 0 Å². The van der Waals surface area contributed by atoms with Gasteiger partial charge >= 0.3 is 0 Å². The first kappa shape index (κ1) is 9.90. The van der Waals surface area contributed by atoms with Crippen molar-refractivity contribution in [2.75, 3.05) is 19.6 Å². The molecule has 0 saturated carbocycles. The normalized spacial score (nSPS) is 48.8. The monoisotopic (exact) mass is 220 g/mol. The van der Waals surface area contributed by atoms with E-state index in [-0.39, 0.29) is 0 Å². The Morgan fingerprint density at radius 2 is 1.62 bits per heavy atom. The van der Waals surface area contributed by atoms with Gasteiger partial charge in [-0.3, -0.25) is 9.80 Å². The molecule has 4 rings (SSSR count). The minimum absolute atomic E-state index is 0.935. The van der Waals surface area contributed by atoms with Gasteiger partial charge in [0.05, 0.1) is 0 Å². The van der Waals surface area contributed by atoms with Gasteiger partial charge in [-0.25, -0.2) is 0 Å². The molecule has 4 aliphatic rings. The van der Waals surface area contributed by atoms with E-state index in [1.807, 2.05) is 0 Å². The first-order valence-electron chi connectivity index (χ1n) is 7.43. The third-order valence-electron chi connectivity index (χ3n) is 5.70. The largest absolute Gasteiger partial charge is 0.298 e. The smallest absolute Gasteiger partial charge is 0.0230 e. The van der Waals surface area contributed by atoms with Gasteiger partial charge in [0.1, 0.15) is 0 Å². The van der Waals surface area contributed by atoms with Crippen LogP contribution < -0.4 is 0 Å². The van der Waals surface area contributed by atoms with Crippen LogP contribution in [-0.4, -0.2) is 47.6 Å². The molecule has 0 radical (unpaired) electrons. The lowest BCUT2D eigenvalue weighted by Crippen LogP contribution is -2.50. The van der Waals surface area contributed by atoms with Crippen LogP contribution in [0.25, 0.3) is 0 Å². The molecular formula is C14H24N2. The van der Waals surface area contributed by atoms with Crippen LogP contribution in [0.3, 0.4) is 0 Å². The number of fused-ring (bicyclic) bond motifs is 7. The van der Waals surface area contributed by atoms with E-state index in [9.17, 15) is 0 Å². The Morgan fingerprint density at radius 1 is 0.812 bits per heavy atom. The molecule has 90 valence electrons. The quantitative estimate of drug-likeness (QED) is 0.617. The Bertz CT molecular complexity index is 272. The van der Waals surface area contributed by atoms with Crippen molar-refractivity contribution >= 4 is 0 Å². The average Bonchev–Trinajstić information content (AvgIpc) is 2.65. The van der Waals surface area contributed by atoms with Crippen LogP contribution in [0.5, 0.6) is 0 Å². The molecule has 0 spiro atoms. The van der Waals surface area contributed by atoms with E-state index in [1.54, 1.807) is 0 Å². The Balaban J connectivity index is 1.62. The van der Waals surface area contributed by atoms with Crippen molar-refractivity contribution in [1.82, 2.24) is 9.80 Å². The highest BCUT2D eigenvalue weighted by molar-refractivity contribution is 5.06. The summed E-state index contributed by atoms with van der Waals surface area (Å²) in [6.45, 7) is 4.21. The summed E-state index contributed by atoms with van der Waals surface area (Å²) in [4.78, 5) is 5.74. The van der Waals surface area contributed by atoms with Crippen LogP contribution in [-0.2, 0) is 0 Å². The molecule has 16 heavy (non-hydrogen) atoms. The second-order valence-corrected chi connectivity index (χ2v) is 6.41. The van der Waals surface area contributed by atoms with Crippen molar-refractivity contribution in [3.05, 3.63) is 0 Å². The summed E-state index contributed by atoms with van der Waals surface area (Å²) in [7, 11) is 0. The van der Waals surface area contributed by atoms with Crippen LogP contribution in [0.4, 0.5) is 0 Å². The van der Waals surface area contributed by atoms with Crippen LogP contribution in [0.2, 0.25) is 0 Å². The van der Waals surface area contributed by atoms with E-state index in [2.05, 4.69) is 9.80 Å². The Hall–Kier alpha value is -0.0800. The zero-order valence-corrected chi connectivity index (χ0v) is 10.3. The van der Waals surface area contributed by atoms with Crippen molar-refractivity contribution in [2.24, 2.45) is 5.92 Å². The summed E-state index contributed by atoms with van der Waals surface area (Å²) < 4.78 is 0. The standard InChI is InChI=1S/C14H24N2/c1-3-7-15-10-11-9-12(13(15)5-1)14-6-2-4-8-16(11)14/h11-14H,1-10H2/t11-,12+,13-,14?/m1/s1. The third kappa shape index (κ3) is 1.32. The molecule has 0 amide bonds. The van der Waals surface area contributed by atoms with E-state index in [4.69, 9.17) is 0 Å². The fourth-order valence-corrected chi connectivity index (χ4v) is 5.09. The predicted molar refractivity (Wildman–Crippen MR) is 65.5 cm³/mol. The molecular weight excluding hydrogens is 196 g/mol. The molecule has 2 nitrogen and oxygen atoms in total. The van der Waals surface area contributed by atoms with Gasteiger partial charge in [-0.1, -0.05) is 12.8 Å². The van der Waals surface area contributed by atoms with Gasteiger partial charge in [-0.15, -0.1) is 0 Å². The number of piperidine rings is 3. The lowest BCUT2D eigenvalue weighted by molar-refractivity contribution is 0.0681. The van der Waals surface area contributed by atoms with Crippen LogP contribution in [0.1, 0.15) is 44.9 Å². The van der Waals surface area contributed by atoms with E-state index in [0.29, 0.717) is 0 Å². The predicted octanol–water partition coefficient (Wildman–Crippen LogP) is 2.10. The molecule has 0 aromatic carbocycles. The molecule has 4 atom stereocenters. The molecule has 4 fully saturated rings. The lowest BCUT2D eigenvalue weighted by Gasteiger charge is -2.43. The van der Waals surface area contributed by atoms with E-state index in [1.165, 1.54) is 64.6 Å². The minimum atomic E-state index is 0.935. The fourth-order valence-electron chi connectivity index (χ4n) is 5.09. The van der Waals surface area contributed by atoms with E-state index < -0.39 is 0 Å². The van der Waals surface area contributed by atoms with Gasteiger partial charge in [0.25, 0.3) is 0 Å². The molecule has 0 aromatic heterocycles. The Kier molecular flexibility index (Phi) is 2.29. The van der Waals surface area contributed by atoms with Crippen molar-refractivity contribution in [3.8, 4) is 0 Å². The zero-order chi connectivity index (χ0) is 10.5. The first-order chi connectivity index (χ1) is 7.93. The maximum absolute atomic E-state index is 2.90. The highest BCUT2D eigenvalue weighted by Gasteiger charge is 2.50. The maximum Gasteiger partial charge on any atom is 0.0230 e. The Labute approximate surface area is 99.0 Å². The zero-order valence-electron chi connectivity index (χ0n) is 10.3. The Morgan fingerprint density at radius 3 is 2.56 bits per heavy atom. The van der Waals surface area contributed by atoms with Crippen molar-refractivity contribution in [3.63, 3.8) is 0 Å². The van der Waals surface area contributed by atoms with Crippen LogP contribution in [0, 0.1) is 5.92 Å². The molecule has 2 bridgehead atoms. The molecule has 4 saturated heterocycles. The van der Waals surface area contributed by atoms with Crippen molar-refractivity contribution in [1.29, 1.82) is 0 Å². The molecule has 4 aliphatic heterocycles. The van der Waals surface area contributed by atoms with E-state index >= 15 is 0 Å². The number of hydrogen-bond donors (Lipinski definition) is 0. The molecule has 2 heteroatoms. The number of rotatable bonds is 0. The summed E-state index contributed by atoms with van der Waals surface area (Å²) in [6, 6.07) is 2.88. The summed E-state index contributed by atoms with van der Waals surface area (Å²) in [5.41, 5.74) is 0. The molecule has 0 N–H and O–H groups in total. The summed E-state index contributed by atoms with van der Waals surface area (Å²) >= 11 is 0. The molecule has 0 aliphatic carbocycles. The van der Waals surface area contributed by atoms with Gasteiger partial charge < -0.3 is 0 Å². The van der Waals surface area contributed by atoms with Crippen molar-refractivity contribution in [2.45, 2.75) is 63.1 Å². The van der Waals surface area contributed by atoms with Crippen LogP contribution >= 0.6 is 0 Å².